The summed E-state index contributed by atoms with van der Waals surface area (Å²) in [6.45, 7) is 5.45. The topological polar surface area (TPSA) is 88.5 Å². The van der Waals surface area contributed by atoms with Crippen LogP contribution in [0.2, 0.25) is 0 Å². The molecule has 30 heavy (non-hydrogen) atoms. The third kappa shape index (κ3) is 5.80. The highest BCUT2D eigenvalue weighted by molar-refractivity contribution is 5.90. The number of aromatic nitrogens is 1. The Bertz CT molecular complexity index is 1040. The largest absolute Gasteiger partial charge is 0.508 e. The van der Waals surface area contributed by atoms with Gasteiger partial charge in [-0.25, -0.2) is 4.79 Å². The summed E-state index contributed by atoms with van der Waals surface area (Å²) in [5, 5.41) is 14.3. The minimum absolute atomic E-state index is 0.0369. The lowest BCUT2D eigenvalue weighted by Crippen LogP contribution is -2.36. The molecule has 0 aliphatic rings. The summed E-state index contributed by atoms with van der Waals surface area (Å²) in [5.41, 5.74) is 0.987. The molecule has 0 fully saturated rings. The van der Waals surface area contributed by atoms with Crippen LogP contribution in [0.5, 0.6) is 5.75 Å². The minimum atomic E-state index is -0.623. The van der Waals surface area contributed by atoms with E-state index in [2.05, 4.69) is 10.3 Å². The number of hydrogen-bond donors (Lipinski definition) is 2. The van der Waals surface area contributed by atoms with Crippen molar-refractivity contribution < 1.29 is 19.4 Å². The van der Waals surface area contributed by atoms with Gasteiger partial charge in [-0.2, -0.15) is 0 Å². The van der Waals surface area contributed by atoms with Crippen LogP contribution >= 0.6 is 0 Å². The Balaban J connectivity index is 1.78. The molecule has 0 saturated heterocycles. The van der Waals surface area contributed by atoms with Crippen molar-refractivity contribution in [3.8, 4) is 5.75 Å². The standard InChI is InChI=1S/C24H26N2O4/c1-24(2,3)30-23(29)26-15-21(17-6-8-20(27)9-7-17)22(28)13-16-4-5-19-14-25-11-10-18(19)12-16/h4-12,14,21,27H,13,15H2,1-3H3,(H,26,29). The van der Waals surface area contributed by atoms with E-state index in [9.17, 15) is 14.7 Å². The quantitative estimate of drug-likeness (QED) is 0.635. The van der Waals surface area contributed by atoms with E-state index in [4.69, 9.17) is 4.74 Å². The second-order valence-corrected chi connectivity index (χ2v) is 8.23. The van der Waals surface area contributed by atoms with E-state index in [1.54, 1.807) is 45.3 Å². The number of benzene rings is 2. The van der Waals surface area contributed by atoms with Crippen molar-refractivity contribution in [1.82, 2.24) is 10.3 Å². The average molecular weight is 406 g/mol. The first-order chi connectivity index (χ1) is 14.2. The summed E-state index contributed by atoms with van der Waals surface area (Å²) < 4.78 is 5.28. The van der Waals surface area contributed by atoms with Crippen molar-refractivity contribution in [2.75, 3.05) is 6.54 Å². The molecule has 0 radical (unpaired) electrons. The fraction of sp³-hybridized carbons (Fsp3) is 0.292. The predicted molar refractivity (Wildman–Crippen MR) is 116 cm³/mol. The van der Waals surface area contributed by atoms with Gasteiger partial charge in [-0.1, -0.05) is 30.3 Å². The summed E-state index contributed by atoms with van der Waals surface area (Å²) >= 11 is 0. The number of pyridine rings is 1. The fourth-order valence-electron chi connectivity index (χ4n) is 3.19. The molecule has 6 nitrogen and oxygen atoms in total. The Kier molecular flexibility index (Phi) is 6.35. The van der Waals surface area contributed by atoms with Crippen LogP contribution in [-0.2, 0) is 16.0 Å². The van der Waals surface area contributed by atoms with Crippen LogP contribution in [-0.4, -0.2) is 34.1 Å². The Morgan fingerprint density at radius 1 is 1.07 bits per heavy atom. The van der Waals surface area contributed by atoms with Crippen LogP contribution in [0.25, 0.3) is 10.8 Å². The molecular formula is C24H26N2O4. The number of nitrogens with one attached hydrogen (secondary N) is 1. The van der Waals surface area contributed by atoms with Crippen LogP contribution in [0, 0.1) is 0 Å². The smallest absolute Gasteiger partial charge is 0.407 e. The Labute approximate surface area is 175 Å². The number of fused-ring (bicyclic) bond motifs is 1. The molecular weight excluding hydrogens is 380 g/mol. The van der Waals surface area contributed by atoms with Gasteiger partial charge in [0.15, 0.2) is 0 Å². The lowest BCUT2D eigenvalue weighted by atomic mass is 9.90. The van der Waals surface area contributed by atoms with Crippen LogP contribution in [0.4, 0.5) is 4.79 Å². The van der Waals surface area contributed by atoms with Crippen molar-refractivity contribution in [2.45, 2.75) is 38.7 Å². The van der Waals surface area contributed by atoms with Gasteiger partial charge in [-0.15, -0.1) is 0 Å². The Morgan fingerprint density at radius 3 is 2.50 bits per heavy atom. The summed E-state index contributed by atoms with van der Waals surface area (Å²) in [5.74, 6) is -0.482. The van der Waals surface area contributed by atoms with E-state index in [1.807, 2.05) is 24.3 Å². The highest BCUT2D eigenvalue weighted by Gasteiger charge is 2.23. The fourth-order valence-corrected chi connectivity index (χ4v) is 3.19. The lowest BCUT2D eigenvalue weighted by Gasteiger charge is -2.22. The van der Waals surface area contributed by atoms with Gasteiger partial charge in [-0.05, 0) is 55.5 Å². The molecule has 3 aromatic rings. The molecule has 1 amide bonds. The van der Waals surface area contributed by atoms with E-state index in [0.29, 0.717) is 0 Å². The first kappa shape index (κ1) is 21.3. The molecule has 2 aromatic carbocycles. The molecule has 2 N–H and O–H groups in total. The van der Waals surface area contributed by atoms with Crippen LogP contribution < -0.4 is 5.32 Å². The van der Waals surface area contributed by atoms with Crippen molar-refractivity contribution in [3.05, 3.63) is 72.1 Å². The van der Waals surface area contributed by atoms with Crippen molar-refractivity contribution in [3.63, 3.8) is 0 Å². The lowest BCUT2D eigenvalue weighted by molar-refractivity contribution is -0.119. The van der Waals surface area contributed by atoms with Gasteiger partial charge in [0.05, 0.1) is 5.92 Å². The molecule has 1 atom stereocenters. The average Bonchev–Trinajstić information content (AvgIpc) is 2.68. The summed E-state index contributed by atoms with van der Waals surface area (Å²) in [6.07, 6.45) is 3.15. The maximum absolute atomic E-state index is 13.2. The number of phenolic OH excluding ortho intramolecular Hbond substituents is 1. The van der Waals surface area contributed by atoms with E-state index in [0.717, 1.165) is 21.9 Å². The molecule has 1 heterocycles. The van der Waals surface area contributed by atoms with E-state index in [-0.39, 0.29) is 24.5 Å². The number of amides is 1. The molecule has 1 unspecified atom stereocenters. The second-order valence-electron chi connectivity index (χ2n) is 8.23. The summed E-state index contributed by atoms with van der Waals surface area (Å²) in [7, 11) is 0. The first-order valence-electron chi connectivity index (χ1n) is 9.82. The molecule has 6 heteroatoms. The van der Waals surface area contributed by atoms with E-state index < -0.39 is 17.6 Å². The number of rotatable bonds is 6. The molecule has 0 aliphatic heterocycles. The molecule has 0 saturated carbocycles. The van der Waals surface area contributed by atoms with Crippen molar-refractivity contribution in [2.24, 2.45) is 0 Å². The number of alkyl carbamates (subject to hydrolysis) is 1. The number of hydrogen-bond acceptors (Lipinski definition) is 5. The van der Waals surface area contributed by atoms with Gasteiger partial charge in [-0.3, -0.25) is 9.78 Å². The number of nitrogens with zero attached hydrogens (tertiary/aromatic N) is 1. The second kappa shape index (κ2) is 8.95. The Hall–Kier alpha value is -3.41. The van der Waals surface area contributed by atoms with Crippen molar-refractivity contribution >= 4 is 22.6 Å². The number of phenols is 1. The highest BCUT2D eigenvalue weighted by atomic mass is 16.6. The molecule has 0 bridgehead atoms. The number of aromatic hydroxyl groups is 1. The SMILES string of the molecule is CC(C)(C)OC(=O)NCC(C(=O)Cc1ccc2cnccc2c1)c1ccc(O)cc1. The van der Waals surface area contributed by atoms with Crippen LogP contribution in [0.15, 0.2) is 60.9 Å². The zero-order valence-electron chi connectivity index (χ0n) is 17.4. The van der Waals surface area contributed by atoms with Gasteiger partial charge >= 0.3 is 6.09 Å². The maximum Gasteiger partial charge on any atom is 0.407 e. The molecule has 156 valence electrons. The maximum atomic E-state index is 13.2. The summed E-state index contributed by atoms with van der Waals surface area (Å²) in [6, 6.07) is 14.2. The molecule has 0 spiro atoms. The zero-order valence-corrected chi connectivity index (χ0v) is 17.4. The normalized spacial score (nSPS) is 12.4. The summed E-state index contributed by atoms with van der Waals surface area (Å²) in [4.78, 5) is 29.4. The van der Waals surface area contributed by atoms with Crippen LogP contribution in [0.1, 0.15) is 37.8 Å². The molecule has 1 aromatic heterocycles. The van der Waals surface area contributed by atoms with E-state index >= 15 is 0 Å². The zero-order chi connectivity index (χ0) is 21.7. The van der Waals surface area contributed by atoms with Gasteiger partial charge in [0.1, 0.15) is 17.1 Å². The van der Waals surface area contributed by atoms with Crippen molar-refractivity contribution in [1.29, 1.82) is 0 Å². The van der Waals surface area contributed by atoms with Gasteiger partial charge in [0.25, 0.3) is 0 Å². The Morgan fingerprint density at radius 2 is 1.80 bits per heavy atom. The van der Waals surface area contributed by atoms with Gasteiger partial charge in [0.2, 0.25) is 0 Å². The monoisotopic (exact) mass is 406 g/mol. The molecule has 3 rings (SSSR count). The number of ketones is 1. The van der Waals surface area contributed by atoms with E-state index in [1.165, 1.54) is 12.1 Å². The highest BCUT2D eigenvalue weighted by Crippen LogP contribution is 2.23. The van der Waals surface area contributed by atoms with Gasteiger partial charge < -0.3 is 15.2 Å². The third-order valence-electron chi connectivity index (χ3n) is 4.62. The number of carbonyl (C=O) groups is 2. The number of Topliss-reactive ketones (excluding diaryl/α,β-unsaturated/α-hetero) is 1. The van der Waals surface area contributed by atoms with Crippen LogP contribution in [0.3, 0.4) is 0 Å². The number of ether oxygens (including phenoxy) is 1. The van der Waals surface area contributed by atoms with Gasteiger partial charge in [0, 0.05) is 30.7 Å². The minimum Gasteiger partial charge on any atom is -0.508 e. The first-order valence-corrected chi connectivity index (χ1v) is 9.82. The number of carbonyl (C=O) groups excluding carboxylic acids is 2. The third-order valence-corrected chi connectivity index (χ3v) is 4.62. The molecule has 0 aliphatic carbocycles. The predicted octanol–water partition coefficient (Wildman–Crippen LogP) is 4.36.